The molecule has 106 valence electrons. The number of hydrogen-bond donors (Lipinski definition) is 2. The highest BCUT2D eigenvalue weighted by atomic mass is 35.5. The minimum atomic E-state index is -4.42. The van der Waals surface area contributed by atoms with Crippen LogP contribution in [0, 0.1) is 0 Å². The van der Waals surface area contributed by atoms with Gasteiger partial charge in [0.2, 0.25) is 0 Å². The van der Waals surface area contributed by atoms with Crippen LogP contribution in [-0.2, 0) is 12.7 Å². The Labute approximate surface area is 119 Å². The predicted molar refractivity (Wildman–Crippen MR) is 73.4 cm³/mol. The van der Waals surface area contributed by atoms with Crippen molar-refractivity contribution in [2.24, 2.45) is 0 Å². The molecular formula is C14H12ClF3N2. The van der Waals surface area contributed by atoms with Crippen molar-refractivity contribution >= 4 is 17.3 Å². The van der Waals surface area contributed by atoms with E-state index in [1.165, 1.54) is 12.1 Å². The van der Waals surface area contributed by atoms with Gasteiger partial charge in [0.25, 0.3) is 0 Å². The standard InChI is InChI=1S/C14H12ClF3N2/c15-11-7-6-10(13(8-11)14(16,17)18)9-19-20-12-4-2-1-3-5-12/h1-8,19-20H,9H2. The van der Waals surface area contributed by atoms with Gasteiger partial charge in [-0.05, 0) is 29.8 Å². The summed E-state index contributed by atoms with van der Waals surface area (Å²) >= 11 is 5.62. The van der Waals surface area contributed by atoms with E-state index < -0.39 is 11.7 Å². The van der Waals surface area contributed by atoms with Crippen molar-refractivity contribution in [1.29, 1.82) is 0 Å². The average Bonchev–Trinajstić information content (AvgIpc) is 2.40. The number of alkyl halides is 3. The molecule has 2 nitrogen and oxygen atoms in total. The maximum atomic E-state index is 12.9. The Morgan fingerprint density at radius 1 is 1.00 bits per heavy atom. The van der Waals surface area contributed by atoms with Gasteiger partial charge in [-0.25, -0.2) is 5.43 Å². The number of benzene rings is 2. The van der Waals surface area contributed by atoms with Crippen molar-refractivity contribution < 1.29 is 13.2 Å². The Bertz CT molecular complexity index is 570. The molecule has 6 heteroatoms. The molecule has 20 heavy (non-hydrogen) atoms. The number of rotatable bonds is 4. The summed E-state index contributed by atoms with van der Waals surface area (Å²) in [4.78, 5) is 0. The van der Waals surface area contributed by atoms with E-state index in [0.29, 0.717) is 0 Å². The van der Waals surface area contributed by atoms with Crippen LogP contribution in [0.2, 0.25) is 5.02 Å². The van der Waals surface area contributed by atoms with Crippen LogP contribution in [0.15, 0.2) is 48.5 Å². The van der Waals surface area contributed by atoms with Crippen molar-refractivity contribution in [3.05, 3.63) is 64.7 Å². The molecule has 0 unspecified atom stereocenters. The largest absolute Gasteiger partial charge is 0.416 e. The molecule has 2 aromatic rings. The second-order valence-corrected chi connectivity index (χ2v) is 4.58. The number of hydrazine groups is 1. The summed E-state index contributed by atoms with van der Waals surface area (Å²) in [5, 5.41) is 0.0668. The highest BCUT2D eigenvalue weighted by Gasteiger charge is 2.33. The summed E-state index contributed by atoms with van der Waals surface area (Å²) in [6.07, 6.45) is -4.42. The summed E-state index contributed by atoms with van der Waals surface area (Å²) in [5.41, 5.74) is 5.77. The van der Waals surface area contributed by atoms with Gasteiger partial charge >= 0.3 is 6.18 Å². The van der Waals surface area contributed by atoms with Crippen LogP contribution in [0.1, 0.15) is 11.1 Å². The number of nitrogens with one attached hydrogen (secondary N) is 2. The fourth-order valence-corrected chi connectivity index (χ4v) is 1.90. The first kappa shape index (κ1) is 14.7. The Morgan fingerprint density at radius 2 is 1.70 bits per heavy atom. The summed E-state index contributed by atoms with van der Waals surface area (Å²) in [5.74, 6) is 0. The summed E-state index contributed by atoms with van der Waals surface area (Å²) in [6.45, 7) is 0.0287. The van der Waals surface area contributed by atoms with Crippen LogP contribution < -0.4 is 10.9 Å². The van der Waals surface area contributed by atoms with Crippen molar-refractivity contribution in [3.63, 3.8) is 0 Å². The van der Waals surface area contributed by atoms with Gasteiger partial charge in [0.15, 0.2) is 0 Å². The van der Waals surface area contributed by atoms with E-state index in [-0.39, 0.29) is 17.1 Å². The Morgan fingerprint density at radius 3 is 2.35 bits per heavy atom. The number of halogens is 4. The van der Waals surface area contributed by atoms with Crippen LogP contribution >= 0.6 is 11.6 Å². The zero-order valence-corrected chi connectivity index (χ0v) is 11.1. The van der Waals surface area contributed by atoms with Crippen molar-refractivity contribution in [2.45, 2.75) is 12.7 Å². The lowest BCUT2D eigenvalue weighted by Gasteiger charge is -2.14. The number of hydrogen-bond acceptors (Lipinski definition) is 2. The maximum absolute atomic E-state index is 12.9. The quantitative estimate of drug-likeness (QED) is 0.814. The molecule has 0 saturated carbocycles. The zero-order valence-electron chi connectivity index (χ0n) is 10.3. The molecule has 0 fully saturated rings. The molecule has 0 bridgehead atoms. The SMILES string of the molecule is FC(F)(F)c1cc(Cl)ccc1CNNc1ccccc1. The van der Waals surface area contributed by atoms with Gasteiger partial charge in [0.1, 0.15) is 0 Å². The van der Waals surface area contributed by atoms with E-state index in [9.17, 15) is 13.2 Å². The first-order chi connectivity index (χ1) is 9.47. The van der Waals surface area contributed by atoms with Crippen LogP contribution in [0.3, 0.4) is 0 Å². The van der Waals surface area contributed by atoms with E-state index in [0.717, 1.165) is 11.8 Å². The summed E-state index contributed by atoms with van der Waals surface area (Å²) in [7, 11) is 0. The second kappa shape index (κ2) is 6.15. The molecule has 0 heterocycles. The summed E-state index contributed by atoms with van der Waals surface area (Å²) < 4.78 is 38.6. The van der Waals surface area contributed by atoms with E-state index >= 15 is 0 Å². The predicted octanol–water partition coefficient (Wildman–Crippen LogP) is 4.48. The third-order valence-corrected chi connectivity index (χ3v) is 2.90. The second-order valence-electron chi connectivity index (χ2n) is 4.14. The van der Waals surface area contributed by atoms with Crippen molar-refractivity contribution in [3.8, 4) is 0 Å². The van der Waals surface area contributed by atoms with Crippen LogP contribution in [0.5, 0.6) is 0 Å². The van der Waals surface area contributed by atoms with Gasteiger partial charge in [0.05, 0.1) is 5.56 Å². The van der Waals surface area contributed by atoms with Gasteiger partial charge in [-0.15, -0.1) is 0 Å². The number of para-hydroxylation sites is 1. The number of anilines is 1. The van der Waals surface area contributed by atoms with Crippen molar-refractivity contribution in [2.75, 3.05) is 5.43 Å². The zero-order chi connectivity index (χ0) is 14.6. The smallest absolute Gasteiger partial charge is 0.321 e. The van der Waals surface area contributed by atoms with Gasteiger partial charge < -0.3 is 5.43 Å². The lowest BCUT2D eigenvalue weighted by Crippen LogP contribution is -2.23. The van der Waals surface area contributed by atoms with Gasteiger partial charge in [0, 0.05) is 17.3 Å². The Hall–Kier alpha value is -1.72. The van der Waals surface area contributed by atoms with Crippen LogP contribution in [-0.4, -0.2) is 0 Å². The fourth-order valence-electron chi connectivity index (χ4n) is 1.73. The molecule has 0 spiro atoms. The van der Waals surface area contributed by atoms with Crippen LogP contribution in [0.4, 0.5) is 18.9 Å². The molecule has 0 saturated heterocycles. The highest BCUT2D eigenvalue weighted by molar-refractivity contribution is 6.30. The molecule has 0 radical (unpaired) electrons. The Kier molecular flexibility index (Phi) is 4.52. The lowest BCUT2D eigenvalue weighted by molar-refractivity contribution is -0.138. The van der Waals surface area contributed by atoms with Crippen molar-refractivity contribution in [1.82, 2.24) is 5.43 Å². The molecule has 0 atom stereocenters. The molecule has 0 aliphatic heterocycles. The van der Waals surface area contributed by atoms with Gasteiger partial charge in [-0.2, -0.15) is 13.2 Å². The minimum absolute atomic E-state index is 0.0287. The first-order valence-electron chi connectivity index (χ1n) is 5.86. The molecule has 0 amide bonds. The third-order valence-electron chi connectivity index (χ3n) is 2.66. The van der Waals surface area contributed by atoms with E-state index in [1.54, 1.807) is 12.1 Å². The van der Waals surface area contributed by atoms with E-state index in [2.05, 4.69) is 10.9 Å². The molecule has 2 aromatic carbocycles. The minimum Gasteiger partial charge on any atom is -0.321 e. The third kappa shape index (κ3) is 3.88. The fraction of sp³-hybridized carbons (Fsp3) is 0.143. The van der Waals surface area contributed by atoms with Gasteiger partial charge in [-0.3, -0.25) is 0 Å². The van der Waals surface area contributed by atoms with E-state index in [1.807, 2.05) is 18.2 Å². The first-order valence-corrected chi connectivity index (χ1v) is 6.24. The topological polar surface area (TPSA) is 24.1 Å². The molecular weight excluding hydrogens is 289 g/mol. The summed E-state index contributed by atoms with van der Waals surface area (Å²) in [6, 6.07) is 12.9. The molecule has 0 aliphatic carbocycles. The lowest BCUT2D eigenvalue weighted by atomic mass is 10.1. The normalized spacial score (nSPS) is 11.4. The van der Waals surface area contributed by atoms with Gasteiger partial charge in [-0.1, -0.05) is 35.9 Å². The highest BCUT2D eigenvalue weighted by Crippen LogP contribution is 2.33. The average molecular weight is 301 g/mol. The van der Waals surface area contributed by atoms with Crippen LogP contribution in [0.25, 0.3) is 0 Å². The Balaban J connectivity index is 2.06. The molecule has 0 aliphatic rings. The monoisotopic (exact) mass is 300 g/mol. The molecule has 2 N–H and O–H groups in total. The maximum Gasteiger partial charge on any atom is 0.416 e. The molecule has 2 rings (SSSR count). The molecule has 0 aromatic heterocycles. The van der Waals surface area contributed by atoms with E-state index in [4.69, 9.17) is 11.6 Å².